The molecule has 1 aromatic rings. The number of hydrogen-bond acceptors (Lipinski definition) is 3. The number of halogens is 2. The van der Waals surface area contributed by atoms with Crippen LogP contribution in [0.3, 0.4) is 0 Å². The maximum absolute atomic E-state index is 13.0. The Balaban J connectivity index is 2.09. The molecule has 0 fully saturated rings. The van der Waals surface area contributed by atoms with E-state index in [1.165, 1.54) is 12.1 Å². The molecule has 0 radical (unpaired) electrons. The third-order valence-corrected chi connectivity index (χ3v) is 3.55. The van der Waals surface area contributed by atoms with Crippen molar-refractivity contribution in [2.45, 2.75) is 19.9 Å². The first-order valence-electron chi connectivity index (χ1n) is 5.48. The Morgan fingerprint density at radius 3 is 2.47 bits per heavy atom. The highest BCUT2D eigenvalue weighted by Gasteiger charge is 2.21. The molecular weight excluding hydrogens is 242 g/mol. The molecule has 1 N–H and O–H groups in total. The molecule has 5 heteroatoms. The Morgan fingerprint density at radius 2 is 1.94 bits per heavy atom. The molecule has 0 aromatic heterocycles. The molecule has 2 rings (SSSR count). The number of benzene rings is 1. The predicted octanol–water partition coefficient (Wildman–Crippen LogP) is 3.50. The molecule has 0 saturated heterocycles. The molecule has 1 unspecified atom stereocenters. The van der Waals surface area contributed by atoms with Crippen molar-refractivity contribution in [1.82, 2.24) is 0 Å². The average molecular weight is 256 g/mol. The van der Waals surface area contributed by atoms with E-state index >= 15 is 0 Å². The van der Waals surface area contributed by atoms with E-state index in [2.05, 4.69) is 24.2 Å². The molecule has 0 spiro atoms. The molecule has 1 aliphatic heterocycles. The van der Waals surface area contributed by atoms with Gasteiger partial charge >= 0.3 is 0 Å². The first kappa shape index (κ1) is 12.4. The zero-order valence-corrected chi connectivity index (χ0v) is 10.5. The number of anilines is 1. The van der Waals surface area contributed by atoms with Crippen LogP contribution < -0.4 is 5.32 Å². The summed E-state index contributed by atoms with van der Waals surface area (Å²) in [7, 11) is 0. The fraction of sp³-hybridized carbons (Fsp3) is 0.417. The van der Waals surface area contributed by atoms with E-state index in [0.29, 0.717) is 11.6 Å². The van der Waals surface area contributed by atoms with Crippen molar-refractivity contribution < 1.29 is 8.78 Å². The van der Waals surface area contributed by atoms with Gasteiger partial charge in [0.25, 0.3) is 0 Å². The summed E-state index contributed by atoms with van der Waals surface area (Å²) in [5, 5.41) is 3.67. The summed E-state index contributed by atoms with van der Waals surface area (Å²) in [5.74, 6) is 0.219. The van der Waals surface area contributed by atoms with Crippen LogP contribution in [-0.4, -0.2) is 17.0 Å². The van der Waals surface area contributed by atoms with Gasteiger partial charge in [0.15, 0.2) is 5.17 Å². The Kier molecular flexibility index (Phi) is 3.66. The van der Waals surface area contributed by atoms with E-state index in [4.69, 9.17) is 0 Å². The summed E-state index contributed by atoms with van der Waals surface area (Å²) in [6.45, 7) is 4.22. The number of rotatable bonds is 2. The Morgan fingerprint density at radius 1 is 1.29 bits per heavy atom. The fourth-order valence-corrected chi connectivity index (χ4v) is 2.74. The lowest BCUT2D eigenvalue weighted by molar-refractivity contribution is 0.543. The molecule has 0 aliphatic carbocycles. The van der Waals surface area contributed by atoms with Crippen LogP contribution in [0.4, 0.5) is 14.5 Å². The minimum absolute atomic E-state index is 0.279. The number of thioether (sulfide) groups is 1. The molecule has 0 saturated carbocycles. The maximum Gasteiger partial charge on any atom is 0.161 e. The Bertz CT molecular complexity index is 426. The molecule has 92 valence electrons. The maximum atomic E-state index is 13.0. The third kappa shape index (κ3) is 3.19. The van der Waals surface area contributed by atoms with Crippen LogP contribution >= 0.6 is 11.8 Å². The molecule has 1 atom stereocenters. The van der Waals surface area contributed by atoms with Crippen molar-refractivity contribution in [1.29, 1.82) is 0 Å². The van der Waals surface area contributed by atoms with Crippen molar-refractivity contribution in [3.63, 3.8) is 0 Å². The Labute approximate surface area is 104 Å². The number of aliphatic imine (C=N–C) groups is 1. The normalized spacial score (nSPS) is 19.6. The van der Waals surface area contributed by atoms with E-state index in [1.807, 2.05) is 0 Å². The van der Waals surface area contributed by atoms with Gasteiger partial charge in [-0.15, -0.1) is 0 Å². The molecule has 1 aromatic carbocycles. The van der Waals surface area contributed by atoms with Crippen LogP contribution in [0.25, 0.3) is 0 Å². The molecule has 0 bridgehead atoms. The van der Waals surface area contributed by atoms with Gasteiger partial charge in [-0.1, -0.05) is 25.6 Å². The van der Waals surface area contributed by atoms with Crippen molar-refractivity contribution in [2.75, 3.05) is 11.1 Å². The van der Waals surface area contributed by atoms with Crippen molar-refractivity contribution in [3.8, 4) is 0 Å². The first-order chi connectivity index (χ1) is 8.04. The lowest BCUT2D eigenvalue weighted by atomic mass is 10.1. The number of hydrogen-bond donors (Lipinski definition) is 1. The van der Waals surface area contributed by atoms with E-state index in [9.17, 15) is 8.78 Å². The van der Waals surface area contributed by atoms with Gasteiger partial charge in [-0.25, -0.2) is 8.78 Å². The monoisotopic (exact) mass is 256 g/mol. The van der Waals surface area contributed by atoms with Crippen molar-refractivity contribution in [2.24, 2.45) is 10.9 Å². The zero-order chi connectivity index (χ0) is 12.4. The number of amidine groups is 1. The standard InChI is InChI=1S/C12H14F2N2S/c1-7(2)11-6-17-12(16-11)15-10-4-8(13)3-9(14)5-10/h3-5,7,11H,6H2,1-2H3,(H,15,16). The lowest BCUT2D eigenvalue weighted by Crippen LogP contribution is -2.12. The molecule has 2 nitrogen and oxygen atoms in total. The van der Waals surface area contributed by atoms with Gasteiger partial charge < -0.3 is 5.32 Å². The van der Waals surface area contributed by atoms with Crippen LogP contribution in [0.2, 0.25) is 0 Å². The van der Waals surface area contributed by atoms with Gasteiger partial charge in [-0.3, -0.25) is 4.99 Å². The molecule has 1 heterocycles. The highest BCUT2D eigenvalue weighted by atomic mass is 32.2. The lowest BCUT2D eigenvalue weighted by Gasteiger charge is -2.08. The van der Waals surface area contributed by atoms with E-state index in [0.717, 1.165) is 17.0 Å². The van der Waals surface area contributed by atoms with Gasteiger partial charge in [-0.2, -0.15) is 0 Å². The van der Waals surface area contributed by atoms with Crippen LogP contribution in [0, 0.1) is 17.6 Å². The van der Waals surface area contributed by atoms with Crippen molar-refractivity contribution >= 4 is 22.6 Å². The second kappa shape index (κ2) is 5.04. The van der Waals surface area contributed by atoms with Gasteiger partial charge in [0.05, 0.1) is 6.04 Å². The van der Waals surface area contributed by atoms with Gasteiger partial charge in [0, 0.05) is 17.5 Å². The van der Waals surface area contributed by atoms with Crippen molar-refractivity contribution in [3.05, 3.63) is 29.8 Å². The summed E-state index contributed by atoms with van der Waals surface area (Å²) in [6.07, 6.45) is 0. The second-order valence-corrected chi connectivity index (χ2v) is 5.35. The highest BCUT2D eigenvalue weighted by Crippen LogP contribution is 2.24. The molecule has 17 heavy (non-hydrogen) atoms. The molecule has 0 amide bonds. The third-order valence-electron chi connectivity index (χ3n) is 2.56. The minimum Gasteiger partial charge on any atom is -0.335 e. The van der Waals surface area contributed by atoms with Gasteiger partial charge in [0.1, 0.15) is 11.6 Å². The summed E-state index contributed by atoms with van der Waals surface area (Å²) in [4.78, 5) is 4.47. The van der Waals surface area contributed by atoms with Gasteiger partial charge in [-0.05, 0) is 18.1 Å². The van der Waals surface area contributed by atoms with E-state index < -0.39 is 11.6 Å². The summed E-state index contributed by atoms with van der Waals surface area (Å²) in [5.41, 5.74) is 0.401. The smallest absolute Gasteiger partial charge is 0.161 e. The fourth-order valence-electron chi connectivity index (χ4n) is 1.55. The largest absolute Gasteiger partial charge is 0.335 e. The van der Waals surface area contributed by atoms with Crippen LogP contribution in [0.15, 0.2) is 23.2 Å². The van der Waals surface area contributed by atoms with Crippen LogP contribution in [0.5, 0.6) is 0 Å². The summed E-state index contributed by atoms with van der Waals surface area (Å²) >= 11 is 1.58. The topological polar surface area (TPSA) is 24.4 Å². The molecule has 1 aliphatic rings. The summed E-state index contributed by atoms with van der Waals surface area (Å²) in [6, 6.07) is 3.65. The quantitative estimate of drug-likeness (QED) is 0.875. The SMILES string of the molecule is CC(C)C1CSC(Nc2cc(F)cc(F)c2)=N1. The number of nitrogens with one attached hydrogen (secondary N) is 1. The number of nitrogens with zero attached hydrogens (tertiary/aromatic N) is 1. The zero-order valence-electron chi connectivity index (χ0n) is 9.71. The van der Waals surface area contributed by atoms with E-state index in [1.54, 1.807) is 11.8 Å². The Hall–Kier alpha value is -1.10. The minimum atomic E-state index is -0.587. The van der Waals surface area contributed by atoms with Crippen LogP contribution in [-0.2, 0) is 0 Å². The molecular formula is C12H14F2N2S. The predicted molar refractivity (Wildman–Crippen MR) is 68.5 cm³/mol. The summed E-state index contributed by atoms with van der Waals surface area (Å²) < 4.78 is 26.0. The average Bonchev–Trinajstić information content (AvgIpc) is 2.64. The van der Waals surface area contributed by atoms with Gasteiger partial charge in [0.2, 0.25) is 0 Å². The second-order valence-electron chi connectivity index (χ2n) is 4.34. The first-order valence-corrected chi connectivity index (χ1v) is 6.47. The highest BCUT2D eigenvalue weighted by molar-refractivity contribution is 8.14. The van der Waals surface area contributed by atoms with E-state index in [-0.39, 0.29) is 6.04 Å². The van der Waals surface area contributed by atoms with Crippen LogP contribution in [0.1, 0.15) is 13.8 Å².